The molecule has 2 rings (SSSR count). The summed E-state index contributed by atoms with van der Waals surface area (Å²) in [6.07, 6.45) is 2.43. The van der Waals surface area contributed by atoms with Gasteiger partial charge in [-0.3, -0.25) is 0 Å². The zero-order valence-electron chi connectivity index (χ0n) is 12.6. The number of halogens is 1. The standard InChI is InChI=1S/C14H22BrN3O2S/c1-10(2)16-7-11-6-12(15)8-17-14(11)18(3)13-4-5-21(19,20)9-13/h6,8,10,13,16H,4-5,7,9H2,1-3H3. The van der Waals surface area contributed by atoms with Crippen LogP contribution in [0, 0.1) is 0 Å². The summed E-state index contributed by atoms with van der Waals surface area (Å²) in [5.41, 5.74) is 1.07. The summed E-state index contributed by atoms with van der Waals surface area (Å²) in [5, 5.41) is 3.39. The fourth-order valence-electron chi connectivity index (χ4n) is 2.49. The molecule has 1 saturated heterocycles. The minimum atomic E-state index is -2.89. The Bertz CT molecular complexity index is 604. The number of hydrogen-bond donors (Lipinski definition) is 1. The monoisotopic (exact) mass is 375 g/mol. The molecule has 0 aromatic carbocycles. The maximum atomic E-state index is 11.7. The van der Waals surface area contributed by atoms with E-state index in [1.54, 1.807) is 6.20 Å². The maximum Gasteiger partial charge on any atom is 0.152 e. The SMILES string of the molecule is CC(C)NCc1cc(Br)cnc1N(C)C1CCS(=O)(=O)C1. The van der Waals surface area contributed by atoms with E-state index < -0.39 is 9.84 Å². The fourth-order valence-corrected chi connectivity index (χ4v) is 4.64. The van der Waals surface area contributed by atoms with Gasteiger partial charge in [-0.05, 0) is 28.4 Å². The second-order valence-corrected chi connectivity index (χ2v) is 8.98. The average molecular weight is 376 g/mol. The molecule has 1 fully saturated rings. The molecule has 1 atom stereocenters. The molecule has 0 radical (unpaired) electrons. The van der Waals surface area contributed by atoms with Crippen molar-refractivity contribution in [3.63, 3.8) is 0 Å². The third-order valence-corrected chi connectivity index (χ3v) is 5.88. The molecule has 2 heterocycles. The number of nitrogens with one attached hydrogen (secondary N) is 1. The summed E-state index contributed by atoms with van der Waals surface area (Å²) in [6.45, 7) is 4.90. The Hall–Kier alpha value is -0.660. The number of anilines is 1. The van der Waals surface area contributed by atoms with E-state index in [0.717, 1.165) is 15.9 Å². The molecule has 1 aromatic rings. The molecule has 1 aliphatic heterocycles. The molecule has 1 unspecified atom stereocenters. The molecule has 0 amide bonds. The first-order chi connectivity index (χ1) is 9.78. The molecule has 7 heteroatoms. The number of nitrogens with zero attached hydrogens (tertiary/aromatic N) is 2. The first kappa shape index (κ1) is 16.7. The van der Waals surface area contributed by atoms with Crippen LogP contribution in [0.4, 0.5) is 5.82 Å². The lowest BCUT2D eigenvalue weighted by Gasteiger charge is -2.27. The van der Waals surface area contributed by atoms with Crippen LogP contribution in [0.15, 0.2) is 16.7 Å². The number of pyridine rings is 1. The molecule has 0 saturated carbocycles. The lowest BCUT2D eigenvalue weighted by atomic mass is 10.2. The lowest BCUT2D eigenvalue weighted by molar-refractivity contribution is 0.584. The lowest BCUT2D eigenvalue weighted by Crippen LogP contribution is -2.34. The molecule has 1 aromatic heterocycles. The first-order valence-electron chi connectivity index (χ1n) is 7.09. The van der Waals surface area contributed by atoms with Crippen LogP contribution in [0.5, 0.6) is 0 Å². The van der Waals surface area contributed by atoms with Crippen LogP contribution in [-0.4, -0.2) is 44.0 Å². The van der Waals surface area contributed by atoms with Gasteiger partial charge < -0.3 is 10.2 Å². The summed E-state index contributed by atoms with van der Waals surface area (Å²) < 4.78 is 24.3. The minimum absolute atomic E-state index is 0.0153. The largest absolute Gasteiger partial charge is 0.355 e. The van der Waals surface area contributed by atoms with Crippen LogP contribution in [0.1, 0.15) is 25.8 Å². The second-order valence-electron chi connectivity index (χ2n) is 5.84. The van der Waals surface area contributed by atoms with E-state index in [1.807, 2.05) is 18.0 Å². The molecule has 0 spiro atoms. The second kappa shape index (κ2) is 6.62. The first-order valence-corrected chi connectivity index (χ1v) is 9.71. The number of hydrogen-bond acceptors (Lipinski definition) is 5. The van der Waals surface area contributed by atoms with Crippen molar-refractivity contribution in [2.45, 2.75) is 38.9 Å². The Labute approximate surface area is 135 Å². The van der Waals surface area contributed by atoms with E-state index in [2.05, 4.69) is 40.1 Å². The molecule has 1 aliphatic rings. The van der Waals surface area contributed by atoms with Crippen molar-refractivity contribution in [1.29, 1.82) is 0 Å². The van der Waals surface area contributed by atoms with Crippen molar-refractivity contribution >= 4 is 31.6 Å². The Balaban J connectivity index is 2.21. The van der Waals surface area contributed by atoms with Gasteiger partial charge >= 0.3 is 0 Å². The normalized spacial score (nSPS) is 20.9. The van der Waals surface area contributed by atoms with Gasteiger partial charge in [0, 0.05) is 41.9 Å². The van der Waals surface area contributed by atoms with Gasteiger partial charge in [-0.25, -0.2) is 13.4 Å². The van der Waals surface area contributed by atoms with E-state index in [1.165, 1.54) is 0 Å². The van der Waals surface area contributed by atoms with Crippen molar-refractivity contribution in [3.8, 4) is 0 Å². The zero-order chi connectivity index (χ0) is 15.6. The van der Waals surface area contributed by atoms with Crippen molar-refractivity contribution < 1.29 is 8.42 Å². The van der Waals surface area contributed by atoms with Gasteiger partial charge in [-0.2, -0.15) is 0 Å². The fraction of sp³-hybridized carbons (Fsp3) is 0.643. The van der Waals surface area contributed by atoms with E-state index in [9.17, 15) is 8.42 Å². The van der Waals surface area contributed by atoms with Gasteiger partial charge in [0.05, 0.1) is 11.5 Å². The van der Waals surface area contributed by atoms with Crippen LogP contribution >= 0.6 is 15.9 Å². The number of aromatic nitrogens is 1. The molecule has 0 bridgehead atoms. The Morgan fingerprint density at radius 3 is 2.81 bits per heavy atom. The molecular weight excluding hydrogens is 354 g/mol. The Morgan fingerprint density at radius 1 is 1.52 bits per heavy atom. The summed E-state index contributed by atoms with van der Waals surface area (Å²) in [4.78, 5) is 6.50. The van der Waals surface area contributed by atoms with Crippen LogP contribution in [0.3, 0.4) is 0 Å². The van der Waals surface area contributed by atoms with Crippen LogP contribution < -0.4 is 10.2 Å². The van der Waals surface area contributed by atoms with Crippen molar-refractivity contribution in [2.75, 3.05) is 23.5 Å². The predicted molar refractivity (Wildman–Crippen MR) is 89.4 cm³/mol. The number of sulfone groups is 1. The maximum absolute atomic E-state index is 11.7. The molecular formula is C14H22BrN3O2S. The molecule has 118 valence electrons. The quantitative estimate of drug-likeness (QED) is 0.852. The highest BCUT2D eigenvalue weighted by Crippen LogP contribution is 2.26. The van der Waals surface area contributed by atoms with Gasteiger partial charge in [0.15, 0.2) is 9.84 Å². The smallest absolute Gasteiger partial charge is 0.152 e. The highest BCUT2D eigenvalue weighted by molar-refractivity contribution is 9.10. The van der Waals surface area contributed by atoms with E-state index in [-0.39, 0.29) is 17.5 Å². The van der Waals surface area contributed by atoms with Crippen LogP contribution in [0.2, 0.25) is 0 Å². The van der Waals surface area contributed by atoms with E-state index in [4.69, 9.17) is 0 Å². The van der Waals surface area contributed by atoms with E-state index >= 15 is 0 Å². The summed E-state index contributed by atoms with van der Waals surface area (Å²) in [6, 6.07) is 2.44. The van der Waals surface area contributed by atoms with Crippen LogP contribution in [0.25, 0.3) is 0 Å². The number of rotatable bonds is 5. The summed E-state index contributed by atoms with van der Waals surface area (Å²) >= 11 is 3.45. The zero-order valence-corrected chi connectivity index (χ0v) is 15.0. The van der Waals surface area contributed by atoms with Crippen LogP contribution in [-0.2, 0) is 16.4 Å². The topological polar surface area (TPSA) is 62.3 Å². The van der Waals surface area contributed by atoms with Gasteiger partial charge in [0.25, 0.3) is 0 Å². The molecule has 1 N–H and O–H groups in total. The third kappa shape index (κ3) is 4.40. The average Bonchev–Trinajstić information content (AvgIpc) is 2.76. The summed E-state index contributed by atoms with van der Waals surface area (Å²) in [5.74, 6) is 1.35. The Morgan fingerprint density at radius 2 is 2.24 bits per heavy atom. The van der Waals surface area contributed by atoms with Gasteiger partial charge in [-0.1, -0.05) is 13.8 Å². The minimum Gasteiger partial charge on any atom is -0.355 e. The molecule has 21 heavy (non-hydrogen) atoms. The van der Waals surface area contributed by atoms with E-state index in [0.29, 0.717) is 19.0 Å². The highest BCUT2D eigenvalue weighted by Gasteiger charge is 2.32. The highest BCUT2D eigenvalue weighted by atomic mass is 79.9. The molecule has 0 aliphatic carbocycles. The van der Waals surface area contributed by atoms with Crippen molar-refractivity contribution in [2.24, 2.45) is 0 Å². The third-order valence-electron chi connectivity index (χ3n) is 3.70. The predicted octanol–water partition coefficient (Wildman–Crippen LogP) is 1.97. The van der Waals surface area contributed by atoms with Gasteiger partial charge in [0.1, 0.15) is 5.82 Å². The Kier molecular flexibility index (Phi) is 5.27. The summed E-state index contributed by atoms with van der Waals surface area (Å²) in [7, 11) is -0.958. The molecule has 5 nitrogen and oxygen atoms in total. The van der Waals surface area contributed by atoms with Gasteiger partial charge in [0.2, 0.25) is 0 Å². The van der Waals surface area contributed by atoms with Crippen molar-refractivity contribution in [1.82, 2.24) is 10.3 Å². The van der Waals surface area contributed by atoms with Gasteiger partial charge in [-0.15, -0.1) is 0 Å². The van der Waals surface area contributed by atoms with Crippen molar-refractivity contribution in [3.05, 3.63) is 22.3 Å².